The molecule has 0 radical (unpaired) electrons. The zero-order valence-corrected chi connectivity index (χ0v) is 14.7. The minimum atomic E-state index is -0.571. The molecule has 7 nitrogen and oxygen atoms in total. The van der Waals surface area contributed by atoms with Crippen LogP contribution in [-0.4, -0.2) is 43.1 Å². The normalized spacial score (nSPS) is 14.3. The number of benzene rings is 1. The van der Waals surface area contributed by atoms with Gasteiger partial charge in [-0.1, -0.05) is 0 Å². The van der Waals surface area contributed by atoms with Gasteiger partial charge in [-0.2, -0.15) is 4.57 Å². The summed E-state index contributed by atoms with van der Waals surface area (Å²) in [5.74, 6) is -0.937. The number of carbonyl (C=O) groups excluding carboxylic acids is 1. The molecule has 27 heavy (non-hydrogen) atoms. The van der Waals surface area contributed by atoms with Crippen LogP contribution in [0.3, 0.4) is 0 Å². The van der Waals surface area contributed by atoms with Gasteiger partial charge in [-0.15, -0.1) is 0 Å². The second-order valence-corrected chi connectivity index (χ2v) is 6.56. The third kappa shape index (κ3) is 2.98. The molecule has 1 saturated heterocycles. The average Bonchev–Trinajstić information content (AvgIpc) is 3.26. The number of rotatable bonds is 2. The molecule has 2 aromatic heterocycles. The smallest absolute Gasteiger partial charge is 0.324 e. The van der Waals surface area contributed by atoms with E-state index < -0.39 is 23.4 Å². The first-order chi connectivity index (χ1) is 13.0. The van der Waals surface area contributed by atoms with Crippen molar-refractivity contribution in [1.82, 2.24) is 24.0 Å². The van der Waals surface area contributed by atoms with E-state index in [0.717, 1.165) is 35.6 Å². The number of aryl methyl sites for hydroxylation is 1. The number of nitrogens with zero attached hydrogens (tertiary/aromatic N) is 5. The zero-order chi connectivity index (χ0) is 19.1. The highest BCUT2D eigenvalue weighted by molar-refractivity contribution is 5.87. The topological polar surface area (TPSA) is 73.0 Å². The van der Waals surface area contributed by atoms with Gasteiger partial charge in [0.25, 0.3) is 0 Å². The molecule has 140 valence electrons. The number of likely N-dealkylation sites (tertiary alicyclic amines) is 1. The lowest BCUT2D eigenvalue weighted by atomic mass is 10.1. The number of carbonyl (C=O) groups is 1. The number of fused-ring (bicyclic) bond motifs is 1. The van der Waals surface area contributed by atoms with E-state index in [1.807, 2.05) is 0 Å². The van der Waals surface area contributed by atoms with Gasteiger partial charge >= 0.3 is 11.7 Å². The lowest BCUT2D eigenvalue weighted by Gasteiger charge is -2.14. The molecule has 1 aliphatic heterocycles. The van der Waals surface area contributed by atoms with E-state index >= 15 is 0 Å². The third-order valence-corrected chi connectivity index (χ3v) is 4.78. The highest BCUT2D eigenvalue weighted by Crippen LogP contribution is 2.17. The Labute approximate surface area is 152 Å². The minimum Gasteiger partial charge on any atom is -0.324 e. The van der Waals surface area contributed by atoms with E-state index in [2.05, 4.69) is 9.97 Å². The summed E-state index contributed by atoms with van der Waals surface area (Å²) in [5, 5.41) is 0. The second kappa shape index (κ2) is 6.57. The maximum Gasteiger partial charge on any atom is 0.338 e. The van der Waals surface area contributed by atoms with Crippen LogP contribution in [0, 0.1) is 11.6 Å². The number of hydrogen-bond acceptors (Lipinski definition) is 4. The van der Waals surface area contributed by atoms with Gasteiger partial charge in [0, 0.05) is 26.6 Å². The molecule has 0 aliphatic carbocycles. The molecule has 1 amide bonds. The van der Waals surface area contributed by atoms with Crippen LogP contribution in [-0.2, 0) is 13.5 Å². The SMILES string of the molecule is Cn1c(=O)n(C(=O)N2CCCC2)c2nc(Cc3cc(F)ccc3F)ncc21. The predicted molar refractivity (Wildman–Crippen MR) is 93.5 cm³/mol. The van der Waals surface area contributed by atoms with Crippen LogP contribution in [0.25, 0.3) is 11.2 Å². The summed E-state index contributed by atoms with van der Waals surface area (Å²) < 4.78 is 29.6. The lowest BCUT2D eigenvalue weighted by molar-refractivity contribution is 0.210. The molecule has 0 saturated carbocycles. The number of imidazole rings is 1. The fraction of sp³-hybridized carbons (Fsp3) is 0.333. The molecule has 0 N–H and O–H groups in total. The molecule has 4 rings (SSSR count). The van der Waals surface area contributed by atoms with Crippen molar-refractivity contribution < 1.29 is 13.6 Å². The van der Waals surface area contributed by atoms with Gasteiger partial charge in [0.2, 0.25) is 0 Å². The van der Waals surface area contributed by atoms with Gasteiger partial charge in [-0.3, -0.25) is 4.57 Å². The van der Waals surface area contributed by atoms with E-state index in [1.165, 1.54) is 17.8 Å². The van der Waals surface area contributed by atoms with E-state index in [1.54, 1.807) is 4.90 Å². The summed E-state index contributed by atoms with van der Waals surface area (Å²) in [5.41, 5.74) is 0.160. The van der Waals surface area contributed by atoms with Crippen LogP contribution in [0.4, 0.5) is 13.6 Å². The fourth-order valence-electron chi connectivity index (χ4n) is 3.30. The van der Waals surface area contributed by atoms with Crippen molar-refractivity contribution in [1.29, 1.82) is 0 Å². The molecule has 9 heteroatoms. The van der Waals surface area contributed by atoms with Crippen LogP contribution < -0.4 is 5.69 Å². The first-order valence-electron chi connectivity index (χ1n) is 8.62. The number of aromatic nitrogens is 4. The summed E-state index contributed by atoms with van der Waals surface area (Å²) >= 11 is 0. The van der Waals surface area contributed by atoms with Crippen LogP contribution in [0.1, 0.15) is 24.2 Å². The van der Waals surface area contributed by atoms with E-state index in [0.29, 0.717) is 18.6 Å². The second-order valence-electron chi connectivity index (χ2n) is 6.56. The van der Waals surface area contributed by atoms with Gasteiger partial charge < -0.3 is 4.90 Å². The summed E-state index contributed by atoms with van der Waals surface area (Å²) in [6.07, 6.45) is 3.15. The van der Waals surface area contributed by atoms with Crippen molar-refractivity contribution in [2.75, 3.05) is 13.1 Å². The lowest BCUT2D eigenvalue weighted by Crippen LogP contribution is -2.38. The first-order valence-corrected chi connectivity index (χ1v) is 8.62. The van der Waals surface area contributed by atoms with Crippen molar-refractivity contribution >= 4 is 17.2 Å². The Hall–Kier alpha value is -3.10. The monoisotopic (exact) mass is 373 g/mol. The zero-order valence-electron chi connectivity index (χ0n) is 14.7. The molecule has 0 spiro atoms. The van der Waals surface area contributed by atoms with Crippen LogP contribution in [0.5, 0.6) is 0 Å². The van der Waals surface area contributed by atoms with Crippen LogP contribution >= 0.6 is 0 Å². The largest absolute Gasteiger partial charge is 0.338 e. The van der Waals surface area contributed by atoms with Crippen LogP contribution in [0.2, 0.25) is 0 Å². The summed E-state index contributed by atoms with van der Waals surface area (Å²) in [7, 11) is 1.54. The van der Waals surface area contributed by atoms with Crippen LogP contribution in [0.15, 0.2) is 29.2 Å². The van der Waals surface area contributed by atoms with Crippen molar-refractivity contribution in [2.24, 2.45) is 7.05 Å². The number of halogens is 2. The van der Waals surface area contributed by atoms with E-state index in [-0.39, 0.29) is 23.5 Å². The molecule has 1 aliphatic rings. The van der Waals surface area contributed by atoms with Crippen molar-refractivity contribution in [2.45, 2.75) is 19.3 Å². The molecular formula is C18H17F2N5O2. The molecule has 0 unspecified atom stereocenters. The van der Waals surface area contributed by atoms with Crippen molar-refractivity contribution in [3.05, 3.63) is 57.9 Å². The highest BCUT2D eigenvalue weighted by Gasteiger charge is 2.25. The average molecular weight is 373 g/mol. The molecular weight excluding hydrogens is 356 g/mol. The summed E-state index contributed by atoms with van der Waals surface area (Å²) in [6, 6.07) is 2.73. The molecule has 0 atom stereocenters. The minimum absolute atomic E-state index is 0.0550. The van der Waals surface area contributed by atoms with Crippen molar-refractivity contribution in [3.63, 3.8) is 0 Å². The van der Waals surface area contributed by atoms with E-state index in [9.17, 15) is 18.4 Å². The highest BCUT2D eigenvalue weighted by atomic mass is 19.1. The molecule has 1 aromatic carbocycles. The Bertz CT molecular complexity index is 1100. The first kappa shape index (κ1) is 17.3. The van der Waals surface area contributed by atoms with Gasteiger partial charge in [-0.25, -0.2) is 28.3 Å². The van der Waals surface area contributed by atoms with Crippen molar-refractivity contribution in [3.8, 4) is 0 Å². The Morgan fingerprint density at radius 1 is 1.22 bits per heavy atom. The summed E-state index contributed by atoms with van der Waals surface area (Å²) in [4.78, 5) is 35.4. The quantitative estimate of drug-likeness (QED) is 0.689. The standard InChI is InChI=1S/C18H17F2N5O2/c1-23-14-10-21-15(9-11-8-12(19)4-5-13(11)20)22-16(14)25(17(23)26)18(27)24-6-2-3-7-24/h4-5,8,10H,2-3,6-7,9H2,1H3. The molecule has 1 fully saturated rings. The third-order valence-electron chi connectivity index (χ3n) is 4.78. The van der Waals surface area contributed by atoms with E-state index in [4.69, 9.17) is 0 Å². The maximum absolute atomic E-state index is 13.9. The number of amides is 1. The molecule has 3 heterocycles. The Balaban J connectivity index is 1.79. The maximum atomic E-state index is 13.9. The van der Waals surface area contributed by atoms with Gasteiger partial charge in [-0.05, 0) is 36.6 Å². The molecule has 3 aromatic rings. The van der Waals surface area contributed by atoms with Gasteiger partial charge in [0.15, 0.2) is 5.65 Å². The number of hydrogen-bond donors (Lipinski definition) is 0. The Morgan fingerprint density at radius 2 is 1.96 bits per heavy atom. The molecule has 0 bridgehead atoms. The Morgan fingerprint density at radius 3 is 2.70 bits per heavy atom. The van der Waals surface area contributed by atoms with Gasteiger partial charge in [0.1, 0.15) is 23.0 Å². The fourth-order valence-corrected chi connectivity index (χ4v) is 3.30. The van der Waals surface area contributed by atoms with Gasteiger partial charge in [0.05, 0.1) is 6.20 Å². The summed E-state index contributed by atoms with van der Waals surface area (Å²) in [6.45, 7) is 1.18. The Kier molecular flexibility index (Phi) is 4.21. The predicted octanol–water partition coefficient (Wildman–Crippen LogP) is 2.06.